The highest BCUT2D eigenvalue weighted by molar-refractivity contribution is 7.99. The molecule has 0 aromatic heterocycles. The summed E-state index contributed by atoms with van der Waals surface area (Å²) in [6, 6.07) is 17.0. The van der Waals surface area contributed by atoms with E-state index in [0.717, 1.165) is 26.6 Å². The largest absolute Gasteiger partial charge is 0.496 e. The SMILES string of the molecule is C=CC(=O)Oc1c(Sc2ccccc2)cc(OC)c2cc(Cl)ccc12. The third-order valence-corrected chi connectivity index (χ3v) is 4.80. The molecule has 0 aliphatic rings. The second-order valence-electron chi connectivity index (χ2n) is 5.14. The molecule has 3 nitrogen and oxygen atoms in total. The topological polar surface area (TPSA) is 35.5 Å². The number of rotatable bonds is 5. The predicted octanol–water partition coefficient (Wildman–Crippen LogP) is 5.74. The molecule has 3 rings (SSSR count). The average Bonchev–Trinajstić information content (AvgIpc) is 2.64. The molecule has 0 saturated heterocycles. The van der Waals surface area contributed by atoms with Crippen LogP contribution >= 0.6 is 23.4 Å². The van der Waals surface area contributed by atoms with E-state index >= 15 is 0 Å². The van der Waals surface area contributed by atoms with E-state index < -0.39 is 5.97 Å². The van der Waals surface area contributed by atoms with Gasteiger partial charge < -0.3 is 9.47 Å². The number of benzene rings is 3. The fourth-order valence-corrected chi connectivity index (χ4v) is 3.55. The molecule has 0 unspecified atom stereocenters. The molecular formula is C20H15ClO3S. The maximum Gasteiger partial charge on any atom is 0.335 e. The lowest BCUT2D eigenvalue weighted by atomic mass is 10.1. The van der Waals surface area contributed by atoms with E-state index in [1.807, 2.05) is 42.5 Å². The lowest BCUT2D eigenvalue weighted by Crippen LogP contribution is -2.05. The minimum atomic E-state index is -0.517. The Kier molecular flexibility index (Phi) is 5.31. The van der Waals surface area contributed by atoms with Crippen molar-refractivity contribution in [2.45, 2.75) is 9.79 Å². The Labute approximate surface area is 155 Å². The Balaban J connectivity index is 2.22. The van der Waals surface area contributed by atoms with Gasteiger partial charge >= 0.3 is 5.97 Å². The number of fused-ring (bicyclic) bond motifs is 1. The first-order valence-electron chi connectivity index (χ1n) is 7.49. The highest BCUT2D eigenvalue weighted by atomic mass is 35.5. The molecule has 0 aliphatic carbocycles. The van der Waals surface area contributed by atoms with E-state index in [1.54, 1.807) is 19.2 Å². The van der Waals surface area contributed by atoms with Crippen molar-refractivity contribution in [3.05, 3.63) is 72.3 Å². The molecule has 0 spiro atoms. The molecule has 0 heterocycles. The molecule has 25 heavy (non-hydrogen) atoms. The van der Waals surface area contributed by atoms with Gasteiger partial charge in [-0.25, -0.2) is 4.79 Å². The summed E-state index contributed by atoms with van der Waals surface area (Å²) in [5.41, 5.74) is 0. The van der Waals surface area contributed by atoms with Gasteiger partial charge in [0.1, 0.15) is 5.75 Å². The van der Waals surface area contributed by atoms with Gasteiger partial charge in [-0.1, -0.05) is 48.1 Å². The number of carbonyl (C=O) groups excluding carboxylic acids is 1. The van der Waals surface area contributed by atoms with E-state index in [2.05, 4.69) is 6.58 Å². The molecule has 0 bridgehead atoms. The third kappa shape index (κ3) is 3.81. The van der Waals surface area contributed by atoms with Gasteiger partial charge in [0.05, 0.1) is 12.0 Å². The van der Waals surface area contributed by atoms with Crippen molar-refractivity contribution in [2.75, 3.05) is 7.11 Å². The first-order chi connectivity index (χ1) is 12.1. The van der Waals surface area contributed by atoms with Gasteiger partial charge in [0.2, 0.25) is 0 Å². The number of halogens is 1. The van der Waals surface area contributed by atoms with Crippen LogP contribution in [0.1, 0.15) is 0 Å². The molecule has 126 valence electrons. The Morgan fingerprint density at radius 2 is 1.88 bits per heavy atom. The number of esters is 1. The lowest BCUT2D eigenvalue weighted by Gasteiger charge is -2.15. The van der Waals surface area contributed by atoms with Crippen LogP contribution in [0.25, 0.3) is 10.8 Å². The number of hydrogen-bond acceptors (Lipinski definition) is 4. The minimum Gasteiger partial charge on any atom is -0.496 e. The van der Waals surface area contributed by atoms with Gasteiger partial charge in [-0.3, -0.25) is 0 Å². The second kappa shape index (κ2) is 7.64. The number of carbonyl (C=O) groups is 1. The quantitative estimate of drug-likeness (QED) is 0.325. The maximum atomic E-state index is 11.8. The molecule has 0 saturated carbocycles. The van der Waals surface area contributed by atoms with Crippen molar-refractivity contribution >= 4 is 40.1 Å². The third-order valence-electron chi connectivity index (χ3n) is 3.54. The molecule has 0 amide bonds. The first kappa shape index (κ1) is 17.4. The molecule has 3 aromatic carbocycles. The maximum absolute atomic E-state index is 11.8. The van der Waals surface area contributed by atoms with Crippen LogP contribution in [-0.4, -0.2) is 13.1 Å². The van der Waals surface area contributed by atoms with Crippen LogP contribution in [0.4, 0.5) is 0 Å². The Morgan fingerprint density at radius 1 is 1.12 bits per heavy atom. The van der Waals surface area contributed by atoms with Gasteiger partial charge in [-0.15, -0.1) is 0 Å². The lowest BCUT2D eigenvalue weighted by molar-refractivity contribution is -0.129. The fourth-order valence-electron chi connectivity index (χ4n) is 2.42. The summed E-state index contributed by atoms with van der Waals surface area (Å²) in [6.07, 6.45) is 1.14. The van der Waals surface area contributed by atoms with Gasteiger partial charge in [-0.05, 0) is 36.4 Å². The monoisotopic (exact) mass is 370 g/mol. The molecular weight excluding hydrogens is 356 g/mol. The minimum absolute atomic E-state index is 0.464. The van der Waals surface area contributed by atoms with Crippen LogP contribution in [0.3, 0.4) is 0 Å². The van der Waals surface area contributed by atoms with Crippen LogP contribution in [0.2, 0.25) is 5.02 Å². The summed E-state index contributed by atoms with van der Waals surface area (Å²) >= 11 is 7.61. The van der Waals surface area contributed by atoms with Gasteiger partial charge in [0, 0.05) is 26.8 Å². The molecule has 5 heteroatoms. The average molecular weight is 371 g/mol. The second-order valence-corrected chi connectivity index (χ2v) is 6.69. The van der Waals surface area contributed by atoms with E-state index in [-0.39, 0.29) is 0 Å². The van der Waals surface area contributed by atoms with Crippen molar-refractivity contribution in [1.82, 2.24) is 0 Å². The van der Waals surface area contributed by atoms with Crippen LogP contribution < -0.4 is 9.47 Å². The van der Waals surface area contributed by atoms with E-state index in [9.17, 15) is 4.79 Å². The molecule has 0 radical (unpaired) electrons. The van der Waals surface area contributed by atoms with Crippen molar-refractivity contribution < 1.29 is 14.3 Å². The van der Waals surface area contributed by atoms with Crippen molar-refractivity contribution in [1.29, 1.82) is 0 Å². The molecule has 3 aromatic rings. The summed E-state index contributed by atoms with van der Waals surface area (Å²) in [5, 5.41) is 2.10. The van der Waals surface area contributed by atoms with Crippen molar-refractivity contribution in [2.24, 2.45) is 0 Å². The Morgan fingerprint density at radius 3 is 2.56 bits per heavy atom. The summed E-state index contributed by atoms with van der Waals surface area (Å²) in [5.74, 6) is 0.608. The zero-order valence-electron chi connectivity index (χ0n) is 13.5. The van der Waals surface area contributed by atoms with Gasteiger partial charge in [-0.2, -0.15) is 0 Å². The zero-order chi connectivity index (χ0) is 17.8. The van der Waals surface area contributed by atoms with Crippen LogP contribution in [-0.2, 0) is 4.79 Å². The summed E-state index contributed by atoms with van der Waals surface area (Å²) in [4.78, 5) is 13.6. The van der Waals surface area contributed by atoms with E-state index in [1.165, 1.54) is 11.8 Å². The van der Waals surface area contributed by atoms with Crippen LogP contribution in [0.15, 0.2) is 77.0 Å². The Bertz CT molecular complexity index is 939. The summed E-state index contributed by atoms with van der Waals surface area (Å²) in [6.45, 7) is 3.47. The number of ether oxygens (including phenoxy) is 2. The molecule has 0 aliphatic heterocycles. The fraction of sp³-hybridized carbons (Fsp3) is 0.0500. The highest BCUT2D eigenvalue weighted by Crippen LogP contribution is 2.44. The molecule has 0 atom stereocenters. The molecule has 0 fully saturated rings. The van der Waals surface area contributed by atoms with E-state index in [0.29, 0.717) is 16.5 Å². The highest BCUT2D eigenvalue weighted by Gasteiger charge is 2.17. The normalized spacial score (nSPS) is 10.5. The van der Waals surface area contributed by atoms with Gasteiger partial charge in [0.25, 0.3) is 0 Å². The standard InChI is InChI=1S/C20H15ClO3S/c1-3-19(22)24-20-15-10-9-13(21)11-16(15)17(23-2)12-18(20)25-14-7-5-4-6-8-14/h3-12H,1H2,2H3. The smallest absolute Gasteiger partial charge is 0.335 e. The first-order valence-corrected chi connectivity index (χ1v) is 8.69. The molecule has 0 N–H and O–H groups in total. The number of methoxy groups -OCH3 is 1. The van der Waals surface area contributed by atoms with Crippen molar-refractivity contribution in [3.63, 3.8) is 0 Å². The van der Waals surface area contributed by atoms with Crippen LogP contribution in [0, 0.1) is 0 Å². The van der Waals surface area contributed by atoms with Crippen molar-refractivity contribution in [3.8, 4) is 11.5 Å². The predicted molar refractivity (Wildman–Crippen MR) is 102 cm³/mol. The Hall–Kier alpha value is -2.43. The van der Waals surface area contributed by atoms with Gasteiger partial charge in [0.15, 0.2) is 5.75 Å². The summed E-state index contributed by atoms with van der Waals surface area (Å²) < 4.78 is 11.1. The zero-order valence-corrected chi connectivity index (χ0v) is 15.1. The van der Waals surface area contributed by atoms with Crippen LogP contribution in [0.5, 0.6) is 11.5 Å². The summed E-state index contributed by atoms with van der Waals surface area (Å²) in [7, 11) is 1.60. The number of hydrogen-bond donors (Lipinski definition) is 0. The van der Waals surface area contributed by atoms with E-state index in [4.69, 9.17) is 21.1 Å².